The standard InChI is InChI=1S/C34H42BrF3N6O4/c35-28-21-23(5-6-27(28)34(36,37)38)22-30(31(45)42-14-8-25(9-15-42)41-19-12-39-13-20-41)48-33(47)43-16-10-26(11-17-43)44-18-7-24-3-1-2-4-29(24)40-32(44)46/h1-6,21,25-26,30,39H,7-20,22H2,(H,40,46)/t30-/m1/s1. The van der Waals surface area contributed by atoms with Crippen LogP contribution in [0.4, 0.5) is 28.4 Å². The molecule has 1 atom stereocenters. The third-order valence-electron chi connectivity index (χ3n) is 10.0. The number of carbonyl (C=O) groups excluding carboxylic acids is 3. The second kappa shape index (κ2) is 15.0. The lowest BCUT2D eigenvalue weighted by atomic mass is 10.00. The minimum absolute atomic E-state index is 0.0516. The molecule has 3 saturated heterocycles. The van der Waals surface area contributed by atoms with Gasteiger partial charge in [0, 0.05) is 87.6 Å². The monoisotopic (exact) mass is 734 g/mol. The predicted molar refractivity (Wildman–Crippen MR) is 178 cm³/mol. The molecule has 4 aliphatic heterocycles. The molecule has 2 N–H and O–H groups in total. The number of nitrogens with one attached hydrogen (secondary N) is 2. The largest absolute Gasteiger partial charge is 0.436 e. The van der Waals surface area contributed by atoms with Crippen LogP contribution in [-0.2, 0) is 28.5 Å². The Morgan fingerprint density at radius 2 is 1.56 bits per heavy atom. The average molecular weight is 736 g/mol. The molecule has 0 bridgehead atoms. The molecular formula is C34H42BrF3N6O4. The molecule has 0 unspecified atom stereocenters. The molecule has 10 nitrogen and oxygen atoms in total. The molecule has 48 heavy (non-hydrogen) atoms. The molecule has 0 aromatic heterocycles. The first-order valence-corrected chi connectivity index (χ1v) is 17.6. The number of likely N-dealkylation sites (tertiary alicyclic amines) is 2. The summed E-state index contributed by atoms with van der Waals surface area (Å²) in [6.45, 7) is 6.13. The Bertz CT molecular complexity index is 1470. The maximum Gasteiger partial charge on any atom is 0.417 e. The summed E-state index contributed by atoms with van der Waals surface area (Å²) in [6, 6.07) is 11.6. The molecule has 2 aromatic rings. The summed E-state index contributed by atoms with van der Waals surface area (Å²) in [5, 5.41) is 6.36. The zero-order valence-corrected chi connectivity index (χ0v) is 28.4. The van der Waals surface area contributed by atoms with Crippen LogP contribution in [0.25, 0.3) is 0 Å². The van der Waals surface area contributed by atoms with E-state index in [0.717, 1.165) is 62.8 Å². The van der Waals surface area contributed by atoms with Crippen molar-refractivity contribution in [2.45, 2.75) is 62.9 Å². The molecule has 4 heterocycles. The number of carbonyl (C=O) groups is 3. The highest BCUT2D eigenvalue weighted by Crippen LogP contribution is 2.35. The van der Waals surface area contributed by atoms with E-state index in [-0.39, 0.29) is 28.9 Å². The molecule has 6 rings (SSSR count). The summed E-state index contributed by atoms with van der Waals surface area (Å²) >= 11 is 3.03. The number of fused-ring (bicyclic) bond motifs is 1. The highest BCUT2D eigenvalue weighted by Gasteiger charge is 2.37. The lowest BCUT2D eigenvalue weighted by Crippen LogP contribution is -2.54. The highest BCUT2D eigenvalue weighted by atomic mass is 79.9. The van der Waals surface area contributed by atoms with Gasteiger partial charge in [0.1, 0.15) is 0 Å². The van der Waals surface area contributed by atoms with Gasteiger partial charge in [0.05, 0.1) is 5.56 Å². The highest BCUT2D eigenvalue weighted by molar-refractivity contribution is 9.10. The Morgan fingerprint density at radius 1 is 0.896 bits per heavy atom. The van der Waals surface area contributed by atoms with E-state index in [4.69, 9.17) is 4.74 Å². The van der Waals surface area contributed by atoms with Crippen LogP contribution < -0.4 is 10.6 Å². The number of para-hydroxylation sites is 1. The van der Waals surface area contributed by atoms with Crippen molar-refractivity contribution in [2.75, 3.05) is 64.2 Å². The van der Waals surface area contributed by atoms with Crippen LogP contribution in [0.1, 0.15) is 42.4 Å². The normalized spacial score (nSPS) is 20.9. The van der Waals surface area contributed by atoms with E-state index in [2.05, 4.69) is 31.5 Å². The molecule has 0 saturated carbocycles. The Hall–Kier alpha value is -3.36. The lowest BCUT2D eigenvalue weighted by molar-refractivity contribution is -0.142. The van der Waals surface area contributed by atoms with Gasteiger partial charge in [-0.2, -0.15) is 13.2 Å². The molecule has 4 amide bonds. The van der Waals surface area contributed by atoms with E-state index in [0.29, 0.717) is 57.2 Å². The number of halogens is 4. The summed E-state index contributed by atoms with van der Waals surface area (Å²) in [5.74, 6) is -0.339. The van der Waals surface area contributed by atoms with Gasteiger partial charge in [-0.3, -0.25) is 9.69 Å². The van der Waals surface area contributed by atoms with Gasteiger partial charge in [-0.25, -0.2) is 9.59 Å². The minimum atomic E-state index is -4.53. The van der Waals surface area contributed by atoms with Crippen LogP contribution in [0, 0.1) is 0 Å². The maximum absolute atomic E-state index is 13.9. The number of piperidine rings is 2. The third-order valence-corrected chi connectivity index (χ3v) is 10.7. The number of rotatable bonds is 6. The molecule has 0 spiro atoms. The van der Waals surface area contributed by atoms with E-state index in [1.807, 2.05) is 29.2 Å². The first-order chi connectivity index (χ1) is 23.1. The number of ether oxygens (including phenoxy) is 1. The van der Waals surface area contributed by atoms with Gasteiger partial charge in [-0.15, -0.1) is 0 Å². The lowest BCUT2D eigenvalue weighted by Gasteiger charge is -2.41. The first kappa shape index (κ1) is 34.5. The quantitative estimate of drug-likeness (QED) is 0.436. The molecule has 260 valence electrons. The summed E-state index contributed by atoms with van der Waals surface area (Å²) in [4.78, 5) is 48.0. The Balaban J connectivity index is 1.10. The van der Waals surface area contributed by atoms with Crippen molar-refractivity contribution in [3.63, 3.8) is 0 Å². The van der Waals surface area contributed by atoms with E-state index in [1.165, 1.54) is 12.1 Å². The molecular weight excluding hydrogens is 693 g/mol. The van der Waals surface area contributed by atoms with Gasteiger partial charge < -0.3 is 30.1 Å². The summed E-state index contributed by atoms with van der Waals surface area (Å²) in [6.07, 6.45) is -2.95. The van der Waals surface area contributed by atoms with E-state index < -0.39 is 23.9 Å². The summed E-state index contributed by atoms with van der Waals surface area (Å²) in [5.41, 5.74) is 1.53. The zero-order chi connectivity index (χ0) is 33.8. The molecule has 4 aliphatic rings. The van der Waals surface area contributed by atoms with E-state index in [1.54, 1.807) is 9.80 Å². The molecule has 14 heteroatoms. The second-order valence-electron chi connectivity index (χ2n) is 13.0. The van der Waals surface area contributed by atoms with Crippen molar-refractivity contribution in [1.82, 2.24) is 24.9 Å². The van der Waals surface area contributed by atoms with Crippen molar-refractivity contribution in [3.05, 3.63) is 63.6 Å². The topological polar surface area (TPSA) is 97.5 Å². The fourth-order valence-electron chi connectivity index (χ4n) is 7.31. The Kier molecular flexibility index (Phi) is 10.8. The number of piperazine rings is 1. The predicted octanol–water partition coefficient (Wildman–Crippen LogP) is 4.97. The number of anilines is 1. The third kappa shape index (κ3) is 8.08. The van der Waals surface area contributed by atoms with Crippen molar-refractivity contribution >= 4 is 39.6 Å². The van der Waals surface area contributed by atoms with Crippen molar-refractivity contribution < 1.29 is 32.3 Å². The SMILES string of the molecule is O=C(O[C@H](Cc1ccc(C(F)(F)F)c(Br)c1)C(=O)N1CCC(N2CCNCC2)CC1)N1CCC(N2CCc3ccccc3NC2=O)CC1. The van der Waals surface area contributed by atoms with Gasteiger partial charge >= 0.3 is 18.3 Å². The number of benzene rings is 2. The number of hydrogen-bond acceptors (Lipinski definition) is 6. The maximum atomic E-state index is 13.9. The summed E-state index contributed by atoms with van der Waals surface area (Å²) in [7, 11) is 0. The number of alkyl halides is 3. The number of amides is 4. The molecule has 2 aromatic carbocycles. The van der Waals surface area contributed by atoms with Crippen LogP contribution in [0.5, 0.6) is 0 Å². The van der Waals surface area contributed by atoms with Gasteiger partial charge in [-0.1, -0.05) is 40.2 Å². The van der Waals surface area contributed by atoms with Crippen LogP contribution in [0.2, 0.25) is 0 Å². The van der Waals surface area contributed by atoms with Crippen molar-refractivity contribution in [3.8, 4) is 0 Å². The van der Waals surface area contributed by atoms with Crippen LogP contribution >= 0.6 is 15.9 Å². The summed E-state index contributed by atoms with van der Waals surface area (Å²) < 4.78 is 46.0. The Morgan fingerprint density at radius 3 is 2.25 bits per heavy atom. The van der Waals surface area contributed by atoms with Gasteiger partial charge in [-0.05, 0) is 61.4 Å². The van der Waals surface area contributed by atoms with E-state index >= 15 is 0 Å². The fourth-order valence-corrected chi connectivity index (χ4v) is 7.96. The number of nitrogens with zero attached hydrogens (tertiary/aromatic N) is 4. The number of urea groups is 1. The molecule has 0 radical (unpaired) electrons. The van der Waals surface area contributed by atoms with Crippen molar-refractivity contribution in [2.24, 2.45) is 0 Å². The number of hydrogen-bond donors (Lipinski definition) is 2. The van der Waals surface area contributed by atoms with Crippen LogP contribution in [-0.4, -0.2) is 115 Å². The first-order valence-electron chi connectivity index (χ1n) is 16.8. The van der Waals surface area contributed by atoms with Crippen molar-refractivity contribution in [1.29, 1.82) is 0 Å². The second-order valence-corrected chi connectivity index (χ2v) is 13.8. The molecule has 0 aliphatic carbocycles. The van der Waals surface area contributed by atoms with Gasteiger partial charge in [0.25, 0.3) is 5.91 Å². The van der Waals surface area contributed by atoms with E-state index in [9.17, 15) is 27.6 Å². The van der Waals surface area contributed by atoms with Crippen LogP contribution in [0.15, 0.2) is 46.9 Å². The average Bonchev–Trinajstić information content (AvgIpc) is 3.25. The fraction of sp³-hybridized carbons (Fsp3) is 0.559. The molecule has 3 fully saturated rings. The zero-order valence-electron chi connectivity index (χ0n) is 26.8. The van der Waals surface area contributed by atoms with Gasteiger partial charge in [0.2, 0.25) is 0 Å². The van der Waals surface area contributed by atoms with Gasteiger partial charge in [0.15, 0.2) is 6.10 Å². The van der Waals surface area contributed by atoms with Crippen LogP contribution in [0.3, 0.4) is 0 Å². The smallest absolute Gasteiger partial charge is 0.417 e. The Labute approximate surface area is 287 Å². The minimum Gasteiger partial charge on any atom is -0.436 e.